The van der Waals surface area contributed by atoms with Crippen molar-refractivity contribution in [2.45, 2.75) is 5.41 Å². The second-order valence-corrected chi connectivity index (χ2v) is 14.1. The van der Waals surface area contributed by atoms with Crippen LogP contribution >= 0.6 is 0 Å². The van der Waals surface area contributed by atoms with E-state index >= 15 is 0 Å². The molecule has 0 radical (unpaired) electrons. The molecular weight excluding hydrogens is 669 g/mol. The molecule has 0 saturated carbocycles. The molecule has 0 atom stereocenters. The van der Waals surface area contributed by atoms with Gasteiger partial charge in [0.15, 0.2) is 17.5 Å². The largest absolute Gasteiger partial charge is 0.387 e. The fourth-order valence-electron chi connectivity index (χ4n) is 8.32. The molecule has 260 valence electrons. The molecule has 0 bridgehead atoms. The number of fused-ring (bicyclic) bond motifs is 3. The second-order valence-electron chi connectivity index (χ2n) is 14.1. The van der Waals surface area contributed by atoms with Crippen molar-refractivity contribution >= 4 is 5.57 Å². The first-order chi connectivity index (χ1) is 27.3. The van der Waals surface area contributed by atoms with Gasteiger partial charge in [0, 0.05) is 23.2 Å². The highest BCUT2D eigenvalue weighted by Gasteiger charge is 2.46. The van der Waals surface area contributed by atoms with Crippen molar-refractivity contribution < 1.29 is 0 Å². The Morgan fingerprint density at radius 1 is 0.400 bits per heavy atom. The van der Waals surface area contributed by atoms with Crippen LogP contribution in [-0.4, -0.2) is 21.5 Å². The van der Waals surface area contributed by atoms with E-state index in [9.17, 15) is 0 Å². The van der Waals surface area contributed by atoms with Crippen LogP contribution in [0, 0.1) is 0 Å². The van der Waals surface area contributed by atoms with Crippen molar-refractivity contribution in [3.63, 3.8) is 0 Å². The van der Waals surface area contributed by atoms with E-state index in [0.29, 0.717) is 17.5 Å². The van der Waals surface area contributed by atoms with Crippen molar-refractivity contribution in [2.75, 3.05) is 6.54 Å². The highest BCUT2D eigenvalue weighted by molar-refractivity contribution is 5.87. The minimum absolute atomic E-state index is 0.580. The Hall–Kier alpha value is -7.17. The van der Waals surface area contributed by atoms with Gasteiger partial charge < -0.3 is 5.32 Å². The average molecular weight is 705 g/mol. The monoisotopic (exact) mass is 704 g/mol. The highest BCUT2D eigenvalue weighted by Crippen LogP contribution is 2.56. The van der Waals surface area contributed by atoms with Crippen LogP contribution in [0.15, 0.2) is 200 Å². The maximum Gasteiger partial charge on any atom is 0.164 e. The lowest BCUT2D eigenvalue weighted by Gasteiger charge is -2.34. The summed E-state index contributed by atoms with van der Waals surface area (Å²) < 4.78 is 0. The minimum atomic E-state index is -0.580. The molecule has 2 heterocycles. The SMILES string of the molecule is C1=CNCC(c2cccc(C3(c4cccc(-c5nc(-c6ccccc6)nc(-c6ccc(-c7ccccc7)cc6)n5)c4)c4ccccc4-c4ccccc43)c2)=C1. The molecule has 1 aliphatic carbocycles. The molecule has 0 saturated heterocycles. The summed E-state index contributed by atoms with van der Waals surface area (Å²) in [7, 11) is 0. The van der Waals surface area contributed by atoms with Crippen molar-refractivity contribution in [1.82, 2.24) is 20.3 Å². The first-order valence-electron chi connectivity index (χ1n) is 18.7. The summed E-state index contributed by atoms with van der Waals surface area (Å²) in [6.45, 7) is 0.788. The predicted octanol–water partition coefficient (Wildman–Crippen LogP) is 11.4. The molecule has 0 fully saturated rings. The molecule has 8 aromatic rings. The van der Waals surface area contributed by atoms with Crippen molar-refractivity contribution in [3.8, 4) is 56.4 Å². The number of aromatic nitrogens is 3. The number of dihydropyridines is 1. The Morgan fingerprint density at radius 3 is 1.45 bits per heavy atom. The molecule has 1 aliphatic heterocycles. The van der Waals surface area contributed by atoms with Crippen LogP contribution < -0.4 is 5.32 Å². The third kappa shape index (κ3) is 5.67. The molecule has 10 rings (SSSR count). The predicted molar refractivity (Wildman–Crippen MR) is 224 cm³/mol. The lowest BCUT2D eigenvalue weighted by Crippen LogP contribution is -2.29. The van der Waals surface area contributed by atoms with Crippen molar-refractivity contribution in [1.29, 1.82) is 0 Å². The topological polar surface area (TPSA) is 50.7 Å². The van der Waals surface area contributed by atoms with E-state index in [4.69, 9.17) is 15.0 Å². The van der Waals surface area contributed by atoms with Gasteiger partial charge in [0.05, 0.1) is 5.41 Å². The number of allylic oxidation sites excluding steroid dienone is 2. The molecule has 1 N–H and O–H groups in total. The molecule has 7 aromatic carbocycles. The van der Waals surface area contributed by atoms with Gasteiger partial charge in [-0.15, -0.1) is 0 Å². The average Bonchev–Trinajstić information content (AvgIpc) is 3.58. The third-order valence-electron chi connectivity index (χ3n) is 10.9. The highest BCUT2D eigenvalue weighted by atomic mass is 15.0. The van der Waals surface area contributed by atoms with Crippen molar-refractivity contribution in [3.05, 3.63) is 228 Å². The quantitative estimate of drug-likeness (QED) is 0.179. The third-order valence-corrected chi connectivity index (χ3v) is 10.9. The number of hydrogen-bond donors (Lipinski definition) is 1. The molecule has 4 nitrogen and oxygen atoms in total. The molecule has 0 spiro atoms. The van der Waals surface area contributed by atoms with Crippen molar-refractivity contribution in [2.24, 2.45) is 0 Å². The molecule has 2 aliphatic rings. The fourth-order valence-corrected chi connectivity index (χ4v) is 8.32. The Labute approximate surface area is 321 Å². The minimum Gasteiger partial charge on any atom is -0.387 e. The van der Waals surface area contributed by atoms with Crippen LogP contribution in [0.1, 0.15) is 27.8 Å². The van der Waals surface area contributed by atoms with E-state index in [0.717, 1.165) is 34.4 Å². The summed E-state index contributed by atoms with van der Waals surface area (Å²) in [6, 6.07) is 64.7. The number of benzene rings is 7. The number of nitrogens with one attached hydrogen (secondary N) is 1. The zero-order valence-electron chi connectivity index (χ0n) is 30.1. The summed E-state index contributed by atoms with van der Waals surface area (Å²) in [4.78, 5) is 15.4. The molecule has 0 unspecified atom stereocenters. The standard InChI is InChI=1S/C51H36N4/c1-3-14-35(15-4-1)36-27-29-38(30-28-36)49-53-48(37-16-5-2-6-17-37)54-50(55-49)40-19-12-22-43(33-40)51(42-21-11-18-39(32-42)41-20-13-31-52-34-41)46-25-9-7-23-44(46)45-24-8-10-26-47(45)51/h1-33,52H,34H2. The van der Waals surface area contributed by atoms with Crippen LogP contribution in [0.4, 0.5) is 0 Å². The fraction of sp³-hybridized carbons (Fsp3) is 0.0392. The van der Waals surface area contributed by atoms with Gasteiger partial charge in [0.1, 0.15) is 0 Å². The summed E-state index contributed by atoms with van der Waals surface area (Å²) in [6.07, 6.45) is 6.28. The molecule has 1 aromatic heterocycles. The van der Waals surface area contributed by atoms with Gasteiger partial charge in [0.25, 0.3) is 0 Å². The summed E-state index contributed by atoms with van der Waals surface area (Å²) >= 11 is 0. The molecule has 0 amide bonds. The van der Waals surface area contributed by atoms with Crippen LogP contribution in [0.3, 0.4) is 0 Å². The van der Waals surface area contributed by atoms with Crippen LogP contribution in [0.2, 0.25) is 0 Å². The Kier molecular flexibility index (Phi) is 8.07. The summed E-state index contributed by atoms with van der Waals surface area (Å²) in [5.41, 5.74) is 14.4. The van der Waals surface area contributed by atoms with Gasteiger partial charge in [0.2, 0.25) is 0 Å². The zero-order valence-corrected chi connectivity index (χ0v) is 30.1. The van der Waals surface area contributed by atoms with Crippen LogP contribution in [-0.2, 0) is 5.41 Å². The molecule has 4 heteroatoms. The second kappa shape index (κ2) is 13.7. The first-order valence-corrected chi connectivity index (χ1v) is 18.7. The summed E-state index contributed by atoms with van der Waals surface area (Å²) in [5, 5.41) is 3.40. The normalized spacial score (nSPS) is 13.7. The molecule has 55 heavy (non-hydrogen) atoms. The van der Waals surface area contributed by atoms with Gasteiger partial charge >= 0.3 is 0 Å². The van der Waals surface area contributed by atoms with E-state index in [1.54, 1.807) is 0 Å². The van der Waals surface area contributed by atoms with Gasteiger partial charge in [-0.25, -0.2) is 15.0 Å². The molecular formula is C51H36N4. The Balaban J connectivity index is 1.17. The van der Waals surface area contributed by atoms with E-state index < -0.39 is 5.41 Å². The van der Waals surface area contributed by atoms with E-state index in [-0.39, 0.29) is 0 Å². The van der Waals surface area contributed by atoms with Gasteiger partial charge in [-0.1, -0.05) is 176 Å². The van der Waals surface area contributed by atoms with Gasteiger partial charge in [-0.3, -0.25) is 0 Å². The number of hydrogen-bond acceptors (Lipinski definition) is 4. The van der Waals surface area contributed by atoms with Gasteiger partial charge in [-0.2, -0.15) is 0 Å². The lowest BCUT2D eigenvalue weighted by atomic mass is 9.67. The smallest absolute Gasteiger partial charge is 0.164 e. The summed E-state index contributed by atoms with van der Waals surface area (Å²) in [5.74, 6) is 1.91. The van der Waals surface area contributed by atoms with E-state index in [1.165, 1.54) is 44.5 Å². The number of nitrogens with zero attached hydrogens (tertiary/aromatic N) is 3. The van der Waals surface area contributed by atoms with Crippen LogP contribution in [0.25, 0.3) is 62.0 Å². The maximum absolute atomic E-state index is 5.19. The van der Waals surface area contributed by atoms with E-state index in [2.05, 4.69) is 175 Å². The van der Waals surface area contributed by atoms with E-state index in [1.807, 2.05) is 30.5 Å². The maximum atomic E-state index is 5.19. The Bertz CT molecular complexity index is 2700. The van der Waals surface area contributed by atoms with Gasteiger partial charge in [-0.05, 0) is 80.1 Å². The first kappa shape index (κ1) is 32.5. The number of rotatable bonds is 7. The van der Waals surface area contributed by atoms with Crippen LogP contribution in [0.5, 0.6) is 0 Å². The Morgan fingerprint density at radius 2 is 0.855 bits per heavy atom. The zero-order chi connectivity index (χ0) is 36.6. The lowest BCUT2D eigenvalue weighted by molar-refractivity contribution is 0.768.